The molecule has 1 aromatic carbocycles. The maximum absolute atomic E-state index is 11.7. The fourth-order valence-corrected chi connectivity index (χ4v) is 2.45. The molecule has 0 saturated carbocycles. The summed E-state index contributed by atoms with van der Waals surface area (Å²) in [6.45, 7) is 1.89. The SMILES string of the molecule is CCC(CNC(=O)Nc1ccc2ncsc2c1)C(=O)O. The minimum atomic E-state index is -0.904. The zero-order chi connectivity index (χ0) is 14.5. The Hall–Kier alpha value is -2.15. The summed E-state index contributed by atoms with van der Waals surface area (Å²) in [6, 6.07) is 5.01. The molecule has 0 saturated heterocycles. The van der Waals surface area contributed by atoms with Crippen LogP contribution in [0.15, 0.2) is 23.7 Å². The fourth-order valence-electron chi connectivity index (χ4n) is 1.73. The lowest BCUT2D eigenvalue weighted by Crippen LogP contribution is -2.35. The van der Waals surface area contributed by atoms with Crippen LogP contribution in [-0.2, 0) is 4.79 Å². The van der Waals surface area contributed by atoms with E-state index in [0.717, 1.165) is 10.2 Å². The van der Waals surface area contributed by atoms with Gasteiger partial charge in [0.05, 0.1) is 21.6 Å². The van der Waals surface area contributed by atoms with Crippen molar-refractivity contribution in [3.63, 3.8) is 0 Å². The molecule has 20 heavy (non-hydrogen) atoms. The van der Waals surface area contributed by atoms with Crippen molar-refractivity contribution in [2.45, 2.75) is 13.3 Å². The third kappa shape index (κ3) is 3.45. The number of thiazole rings is 1. The van der Waals surface area contributed by atoms with Crippen LogP contribution in [0.2, 0.25) is 0 Å². The molecule has 0 radical (unpaired) electrons. The minimum absolute atomic E-state index is 0.112. The first kappa shape index (κ1) is 14.3. The molecule has 7 heteroatoms. The summed E-state index contributed by atoms with van der Waals surface area (Å²) >= 11 is 1.49. The van der Waals surface area contributed by atoms with E-state index in [1.54, 1.807) is 18.5 Å². The van der Waals surface area contributed by atoms with Gasteiger partial charge in [-0.3, -0.25) is 4.79 Å². The summed E-state index contributed by atoms with van der Waals surface area (Å²) in [5.74, 6) is -1.47. The Bertz CT molecular complexity index is 626. The first-order valence-electron chi connectivity index (χ1n) is 6.21. The summed E-state index contributed by atoms with van der Waals surface area (Å²) in [7, 11) is 0. The smallest absolute Gasteiger partial charge is 0.319 e. The first-order chi connectivity index (χ1) is 9.60. The van der Waals surface area contributed by atoms with Gasteiger partial charge >= 0.3 is 12.0 Å². The number of nitrogens with zero attached hydrogens (tertiary/aromatic N) is 1. The van der Waals surface area contributed by atoms with Gasteiger partial charge in [0.1, 0.15) is 0 Å². The molecule has 0 aliphatic heterocycles. The molecule has 1 unspecified atom stereocenters. The second kappa shape index (κ2) is 6.33. The van der Waals surface area contributed by atoms with Crippen molar-refractivity contribution in [3.05, 3.63) is 23.7 Å². The average Bonchev–Trinajstić information content (AvgIpc) is 2.86. The molecular weight excluding hydrogens is 278 g/mol. The van der Waals surface area contributed by atoms with E-state index in [1.807, 2.05) is 12.1 Å². The standard InChI is InChI=1S/C13H15N3O3S/c1-2-8(12(17)18)6-14-13(19)16-9-3-4-10-11(5-9)20-7-15-10/h3-5,7-8H,2,6H2,1H3,(H,17,18)(H2,14,16,19). The summed E-state index contributed by atoms with van der Waals surface area (Å²) in [5, 5.41) is 14.1. The first-order valence-corrected chi connectivity index (χ1v) is 7.09. The summed E-state index contributed by atoms with van der Waals surface area (Å²) < 4.78 is 0.986. The number of fused-ring (bicyclic) bond motifs is 1. The van der Waals surface area contributed by atoms with Crippen LogP contribution in [0.4, 0.5) is 10.5 Å². The lowest BCUT2D eigenvalue weighted by atomic mass is 10.1. The van der Waals surface area contributed by atoms with Gasteiger partial charge in [0.25, 0.3) is 0 Å². The molecule has 3 N–H and O–H groups in total. The Labute approximate surface area is 119 Å². The number of hydrogen-bond acceptors (Lipinski definition) is 4. The van der Waals surface area contributed by atoms with Gasteiger partial charge < -0.3 is 15.7 Å². The van der Waals surface area contributed by atoms with Gasteiger partial charge in [0, 0.05) is 12.2 Å². The van der Waals surface area contributed by atoms with Gasteiger partial charge in [-0.15, -0.1) is 11.3 Å². The second-order valence-corrected chi connectivity index (χ2v) is 5.20. The largest absolute Gasteiger partial charge is 0.481 e. The van der Waals surface area contributed by atoms with E-state index in [0.29, 0.717) is 12.1 Å². The Kier molecular flexibility index (Phi) is 4.52. The fraction of sp³-hybridized carbons (Fsp3) is 0.308. The highest BCUT2D eigenvalue weighted by Crippen LogP contribution is 2.21. The number of amides is 2. The topological polar surface area (TPSA) is 91.3 Å². The van der Waals surface area contributed by atoms with Crippen LogP contribution >= 0.6 is 11.3 Å². The van der Waals surface area contributed by atoms with Gasteiger partial charge in [-0.2, -0.15) is 0 Å². The molecule has 0 aliphatic carbocycles. The van der Waals surface area contributed by atoms with Gasteiger partial charge in [-0.1, -0.05) is 6.92 Å². The number of carbonyl (C=O) groups excluding carboxylic acids is 1. The predicted molar refractivity (Wildman–Crippen MR) is 78.1 cm³/mol. The molecule has 106 valence electrons. The molecule has 1 aromatic heterocycles. The highest BCUT2D eigenvalue weighted by Gasteiger charge is 2.15. The van der Waals surface area contributed by atoms with Gasteiger partial charge in [-0.25, -0.2) is 9.78 Å². The molecule has 0 bridgehead atoms. The second-order valence-electron chi connectivity index (χ2n) is 4.31. The Morgan fingerprint density at radius 1 is 1.45 bits per heavy atom. The van der Waals surface area contributed by atoms with Crippen molar-refractivity contribution in [2.24, 2.45) is 5.92 Å². The average molecular weight is 293 g/mol. The lowest BCUT2D eigenvalue weighted by Gasteiger charge is -2.12. The van der Waals surface area contributed by atoms with Crippen molar-refractivity contribution in [3.8, 4) is 0 Å². The zero-order valence-corrected chi connectivity index (χ0v) is 11.7. The zero-order valence-electron chi connectivity index (χ0n) is 10.9. The summed E-state index contributed by atoms with van der Waals surface area (Å²) in [5.41, 5.74) is 3.29. The van der Waals surface area contributed by atoms with Crippen LogP contribution < -0.4 is 10.6 Å². The molecule has 1 atom stereocenters. The highest BCUT2D eigenvalue weighted by atomic mass is 32.1. The number of carbonyl (C=O) groups is 2. The number of urea groups is 1. The van der Waals surface area contributed by atoms with Crippen LogP contribution in [0.5, 0.6) is 0 Å². The van der Waals surface area contributed by atoms with Gasteiger partial charge in [0.15, 0.2) is 0 Å². The normalized spacial score (nSPS) is 12.1. The van der Waals surface area contributed by atoms with E-state index < -0.39 is 17.9 Å². The van der Waals surface area contributed by atoms with Crippen LogP contribution in [0.25, 0.3) is 10.2 Å². The van der Waals surface area contributed by atoms with Crippen LogP contribution in [-0.4, -0.2) is 28.6 Å². The Morgan fingerprint density at radius 2 is 2.25 bits per heavy atom. The van der Waals surface area contributed by atoms with E-state index in [1.165, 1.54) is 11.3 Å². The van der Waals surface area contributed by atoms with E-state index >= 15 is 0 Å². The Morgan fingerprint density at radius 3 is 2.95 bits per heavy atom. The van der Waals surface area contributed by atoms with E-state index in [9.17, 15) is 9.59 Å². The van der Waals surface area contributed by atoms with Crippen LogP contribution in [0.1, 0.15) is 13.3 Å². The van der Waals surface area contributed by atoms with Crippen molar-refractivity contribution >= 4 is 39.2 Å². The monoisotopic (exact) mass is 293 g/mol. The van der Waals surface area contributed by atoms with Crippen LogP contribution in [0.3, 0.4) is 0 Å². The minimum Gasteiger partial charge on any atom is -0.481 e. The number of carboxylic acids is 1. The lowest BCUT2D eigenvalue weighted by molar-refractivity contribution is -0.141. The molecular formula is C13H15N3O3S. The van der Waals surface area contributed by atoms with Gasteiger partial charge in [-0.05, 0) is 24.6 Å². The predicted octanol–water partition coefficient (Wildman–Crippen LogP) is 2.53. The van der Waals surface area contributed by atoms with Crippen molar-refractivity contribution in [1.82, 2.24) is 10.3 Å². The van der Waals surface area contributed by atoms with Crippen molar-refractivity contribution in [2.75, 3.05) is 11.9 Å². The third-order valence-electron chi connectivity index (χ3n) is 2.94. The number of carboxylic acid groups (broad SMARTS) is 1. The van der Waals surface area contributed by atoms with E-state index in [-0.39, 0.29) is 6.54 Å². The number of aromatic nitrogens is 1. The summed E-state index contributed by atoms with van der Waals surface area (Å²) in [6.07, 6.45) is 0.475. The highest BCUT2D eigenvalue weighted by molar-refractivity contribution is 7.16. The summed E-state index contributed by atoms with van der Waals surface area (Å²) in [4.78, 5) is 26.7. The molecule has 2 aromatic rings. The molecule has 0 aliphatic rings. The molecule has 1 heterocycles. The number of hydrogen-bond donors (Lipinski definition) is 3. The van der Waals surface area contributed by atoms with Crippen LogP contribution in [0, 0.1) is 5.92 Å². The molecule has 6 nitrogen and oxygen atoms in total. The molecule has 2 rings (SSSR count). The van der Waals surface area contributed by atoms with E-state index in [2.05, 4.69) is 15.6 Å². The maximum atomic E-state index is 11.7. The van der Waals surface area contributed by atoms with Crippen molar-refractivity contribution in [1.29, 1.82) is 0 Å². The van der Waals surface area contributed by atoms with E-state index in [4.69, 9.17) is 5.11 Å². The molecule has 0 spiro atoms. The van der Waals surface area contributed by atoms with Gasteiger partial charge in [0.2, 0.25) is 0 Å². The third-order valence-corrected chi connectivity index (χ3v) is 3.73. The number of benzene rings is 1. The maximum Gasteiger partial charge on any atom is 0.319 e. The number of anilines is 1. The molecule has 2 amide bonds. The number of nitrogens with one attached hydrogen (secondary N) is 2. The number of rotatable bonds is 5. The Balaban J connectivity index is 1.92. The molecule has 0 fully saturated rings. The van der Waals surface area contributed by atoms with Crippen molar-refractivity contribution < 1.29 is 14.7 Å². The number of aliphatic carboxylic acids is 1. The quantitative estimate of drug-likeness (QED) is 0.790.